The maximum Gasteiger partial charge on any atom is 0.101 e. The third-order valence-corrected chi connectivity index (χ3v) is 2.92. The highest BCUT2D eigenvalue weighted by molar-refractivity contribution is 5.61. The first-order valence-electron chi connectivity index (χ1n) is 5.78. The van der Waals surface area contributed by atoms with E-state index in [0.717, 1.165) is 12.2 Å². The van der Waals surface area contributed by atoms with Crippen molar-refractivity contribution in [1.82, 2.24) is 0 Å². The van der Waals surface area contributed by atoms with E-state index in [1.54, 1.807) is 12.1 Å². The third-order valence-electron chi connectivity index (χ3n) is 2.92. The first-order valence-corrected chi connectivity index (χ1v) is 5.78. The molecule has 0 saturated heterocycles. The quantitative estimate of drug-likeness (QED) is 0.806. The summed E-state index contributed by atoms with van der Waals surface area (Å²) in [6.45, 7) is 2.82. The lowest BCUT2D eigenvalue weighted by molar-refractivity contribution is 1.12. The summed E-state index contributed by atoms with van der Waals surface area (Å²) in [5, 5.41) is 12.2. The van der Waals surface area contributed by atoms with Crippen molar-refractivity contribution in [2.75, 3.05) is 11.1 Å². The van der Waals surface area contributed by atoms with Gasteiger partial charge in [-0.25, -0.2) is 0 Å². The van der Waals surface area contributed by atoms with Crippen molar-refractivity contribution in [1.29, 1.82) is 5.26 Å². The summed E-state index contributed by atoms with van der Waals surface area (Å²) in [5.41, 5.74) is 10.1. The second-order valence-electron chi connectivity index (χ2n) is 4.19. The largest absolute Gasteiger partial charge is 0.398 e. The van der Waals surface area contributed by atoms with Crippen molar-refractivity contribution in [2.24, 2.45) is 0 Å². The molecule has 0 unspecified atom stereocenters. The van der Waals surface area contributed by atoms with Crippen LogP contribution in [0.3, 0.4) is 0 Å². The molecule has 0 aliphatic carbocycles. The van der Waals surface area contributed by atoms with Crippen LogP contribution in [0.5, 0.6) is 0 Å². The van der Waals surface area contributed by atoms with E-state index in [2.05, 4.69) is 30.4 Å². The number of hydrogen-bond donors (Lipinski definition) is 2. The maximum absolute atomic E-state index is 8.91. The number of hydrogen-bond acceptors (Lipinski definition) is 3. The Morgan fingerprint density at radius 3 is 2.72 bits per heavy atom. The van der Waals surface area contributed by atoms with Crippen LogP contribution in [0.2, 0.25) is 0 Å². The van der Waals surface area contributed by atoms with E-state index in [0.29, 0.717) is 11.3 Å². The molecule has 2 aromatic carbocycles. The predicted octanol–water partition coefficient (Wildman–Crippen LogP) is 3.06. The highest BCUT2D eigenvalue weighted by atomic mass is 14.9. The van der Waals surface area contributed by atoms with Gasteiger partial charge in [0.2, 0.25) is 0 Å². The molecule has 0 atom stereocenters. The van der Waals surface area contributed by atoms with Gasteiger partial charge in [-0.15, -0.1) is 0 Å². The Morgan fingerprint density at radius 2 is 2.00 bits per heavy atom. The standard InChI is InChI=1S/C15H15N3/c1-11-4-2-3-5-12(11)10-18-14-6-7-15(17)13(8-14)9-16/h2-8,18H,10,17H2,1H3. The van der Waals surface area contributed by atoms with Gasteiger partial charge in [0.05, 0.1) is 5.56 Å². The zero-order chi connectivity index (χ0) is 13.0. The minimum Gasteiger partial charge on any atom is -0.398 e. The normalized spacial score (nSPS) is 9.78. The van der Waals surface area contributed by atoms with E-state index in [1.165, 1.54) is 11.1 Å². The fraction of sp³-hybridized carbons (Fsp3) is 0.133. The lowest BCUT2D eigenvalue weighted by atomic mass is 10.1. The van der Waals surface area contributed by atoms with Crippen LogP contribution in [0.25, 0.3) is 0 Å². The summed E-state index contributed by atoms with van der Waals surface area (Å²) in [6.07, 6.45) is 0. The molecule has 0 spiro atoms. The third kappa shape index (κ3) is 2.61. The molecule has 2 rings (SSSR count). The Morgan fingerprint density at radius 1 is 1.22 bits per heavy atom. The van der Waals surface area contributed by atoms with Crippen molar-refractivity contribution >= 4 is 11.4 Å². The molecule has 0 saturated carbocycles. The number of nitrogen functional groups attached to an aromatic ring is 1. The molecule has 0 heterocycles. The van der Waals surface area contributed by atoms with Crippen LogP contribution in [-0.4, -0.2) is 0 Å². The Kier molecular flexibility index (Phi) is 3.49. The smallest absolute Gasteiger partial charge is 0.101 e. The zero-order valence-corrected chi connectivity index (χ0v) is 10.3. The van der Waals surface area contributed by atoms with Crippen molar-refractivity contribution < 1.29 is 0 Å². The van der Waals surface area contributed by atoms with E-state index in [9.17, 15) is 0 Å². The fourth-order valence-electron chi connectivity index (χ4n) is 1.77. The monoisotopic (exact) mass is 237 g/mol. The summed E-state index contributed by atoms with van der Waals surface area (Å²) in [6, 6.07) is 15.7. The van der Waals surface area contributed by atoms with Gasteiger partial charge in [0.25, 0.3) is 0 Å². The van der Waals surface area contributed by atoms with E-state index < -0.39 is 0 Å². The number of benzene rings is 2. The minimum absolute atomic E-state index is 0.504. The Hall–Kier alpha value is -2.47. The molecule has 0 amide bonds. The van der Waals surface area contributed by atoms with Gasteiger partial charge in [-0.2, -0.15) is 5.26 Å². The van der Waals surface area contributed by atoms with Crippen LogP contribution in [0.1, 0.15) is 16.7 Å². The van der Waals surface area contributed by atoms with E-state index in [-0.39, 0.29) is 0 Å². The summed E-state index contributed by atoms with van der Waals surface area (Å²) >= 11 is 0. The van der Waals surface area contributed by atoms with Crippen molar-refractivity contribution in [2.45, 2.75) is 13.5 Å². The lowest BCUT2D eigenvalue weighted by Gasteiger charge is -2.09. The van der Waals surface area contributed by atoms with Crippen LogP contribution in [0.4, 0.5) is 11.4 Å². The summed E-state index contributed by atoms with van der Waals surface area (Å²) < 4.78 is 0. The number of rotatable bonds is 3. The molecule has 0 fully saturated rings. The average Bonchev–Trinajstić information content (AvgIpc) is 2.39. The van der Waals surface area contributed by atoms with Gasteiger partial charge < -0.3 is 11.1 Å². The maximum atomic E-state index is 8.91. The summed E-state index contributed by atoms with van der Waals surface area (Å²) in [7, 11) is 0. The summed E-state index contributed by atoms with van der Waals surface area (Å²) in [4.78, 5) is 0. The SMILES string of the molecule is Cc1ccccc1CNc1ccc(N)c(C#N)c1. The molecule has 0 aliphatic heterocycles. The number of nitrogens with two attached hydrogens (primary N) is 1. The van der Waals surface area contributed by atoms with Gasteiger partial charge in [-0.3, -0.25) is 0 Å². The predicted molar refractivity (Wildman–Crippen MR) is 74.1 cm³/mol. The first-order chi connectivity index (χ1) is 8.70. The van der Waals surface area contributed by atoms with Crippen LogP contribution in [0, 0.1) is 18.3 Å². The molecule has 0 bridgehead atoms. The number of nitriles is 1. The molecule has 0 radical (unpaired) electrons. The van der Waals surface area contributed by atoms with Gasteiger partial charge in [-0.05, 0) is 36.2 Å². The highest BCUT2D eigenvalue weighted by Crippen LogP contribution is 2.18. The highest BCUT2D eigenvalue weighted by Gasteiger charge is 2.01. The Bertz CT molecular complexity index is 597. The molecule has 3 heteroatoms. The molecule has 3 nitrogen and oxygen atoms in total. The van der Waals surface area contributed by atoms with Crippen molar-refractivity contribution in [3.8, 4) is 6.07 Å². The van der Waals surface area contributed by atoms with Gasteiger partial charge in [0.15, 0.2) is 0 Å². The van der Waals surface area contributed by atoms with Crippen LogP contribution in [-0.2, 0) is 6.54 Å². The molecule has 3 N–H and O–H groups in total. The molecule has 0 aromatic heterocycles. The fourth-order valence-corrected chi connectivity index (χ4v) is 1.77. The van der Waals surface area contributed by atoms with E-state index in [4.69, 9.17) is 11.0 Å². The van der Waals surface area contributed by atoms with E-state index in [1.807, 2.05) is 18.2 Å². The second kappa shape index (κ2) is 5.24. The molecular weight excluding hydrogens is 222 g/mol. The van der Waals surface area contributed by atoms with Gasteiger partial charge >= 0.3 is 0 Å². The van der Waals surface area contributed by atoms with Crippen molar-refractivity contribution in [3.05, 3.63) is 59.2 Å². The topological polar surface area (TPSA) is 61.8 Å². The van der Waals surface area contributed by atoms with Crippen LogP contribution >= 0.6 is 0 Å². The molecule has 90 valence electrons. The molecule has 0 aliphatic rings. The number of nitrogens with zero attached hydrogens (tertiary/aromatic N) is 1. The first kappa shape index (κ1) is 12.0. The second-order valence-corrected chi connectivity index (χ2v) is 4.19. The van der Waals surface area contributed by atoms with Gasteiger partial charge in [0, 0.05) is 17.9 Å². The summed E-state index contributed by atoms with van der Waals surface area (Å²) in [5.74, 6) is 0. The Labute approximate surface area is 107 Å². The minimum atomic E-state index is 0.504. The number of nitrogens with one attached hydrogen (secondary N) is 1. The zero-order valence-electron chi connectivity index (χ0n) is 10.3. The number of anilines is 2. The van der Waals surface area contributed by atoms with Gasteiger partial charge in [0.1, 0.15) is 6.07 Å². The average molecular weight is 237 g/mol. The number of aryl methyl sites for hydroxylation is 1. The van der Waals surface area contributed by atoms with Gasteiger partial charge in [-0.1, -0.05) is 24.3 Å². The van der Waals surface area contributed by atoms with Crippen LogP contribution in [0.15, 0.2) is 42.5 Å². The van der Waals surface area contributed by atoms with E-state index >= 15 is 0 Å². The van der Waals surface area contributed by atoms with Crippen molar-refractivity contribution in [3.63, 3.8) is 0 Å². The molecule has 2 aromatic rings. The molecule has 18 heavy (non-hydrogen) atoms. The molecular formula is C15H15N3. The van der Waals surface area contributed by atoms with Crippen LogP contribution < -0.4 is 11.1 Å². The Balaban J connectivity index is 2.12. The lowest BCUT2D eigenvalue weighted by Crippen LogP contribution is -2.02.